The van der Waals surface area contributed by atoms with Crippen LogP contribution in [0.2, 0.25) is 0 Å². The summed E-state index contributed by atoms with van der Waals surface area (Å²) in [5, 5.41) is 0. The van der Waals surface area contributed by atoms with Crippen molar-refractivity contribution >= 4 is 12.4 Å². The standard InChI is InChI=1S/C11H15NO.ClH/c1-7-3-4-9-5-13-6-10(12)11(9)8(7)2;/h3-4,10H,5-6,12H2,1-2H3;1H. The van der Waals surface area contributed by atoms with Gasteiger partial charge in [0, 0.05) is 0 Å². The van der Waals surface area contributed by atoms with Crippen LogP contribution in [0.3, 0.4) is 0 Å². The molecule has 14 heavy (non-hydrogen) atoms. The molecular formula is C11H16ClNO. The Morgan fingerprint density at radius 1 is 1.36 bits per heavy atom. The summed E-state index contributed by atoms with van der Waals surface area (Å²) in [5.41, 5.74) is 11.2. The summed E-state index contributed by atoms with van der Waals surface area (Å²) in [6.45, 7) is 5.62. The third-order valence-corrected chi connectivity index (χ3v) is 2.80. The van der Waals surface area contributed by atoms with E-state index in [1.54, 1.807) is 0 Å². The van der Waals surface area contributed by atoms with Crippen molar-refractivity contribution in [2.45, 2.75) is 26.5 Å². The van der Waals surface area contributed by atoms with Gasteiger partial charge in [-0.2, -0.15) is 0 Å². The van der Waals surface area contributed by atoms with Crippen molar-refractivity contribution in [2.75, 3.05) is 6.61 Å². The van der Waals surface area contributed by atoms with Crippen molar-refractivity contribution in [2.24, 2.45) is 5.73 Å². The van der Waals surface area contributed by atoms with Gasteiger partial charge in [-0.1, -0.05) is 12.1 Å². The average Bonchev–Trinajstić information content (AvgIpc) is 2.12. The zero-order valence-corrected chi connectivity index (χ0v) is 9.36. The molecule has 2 N–H and O–H groups in total. The summed E-state index contributed by atoms with van der Waals surface area (Å²) >= 11 is 0. The maximum atomic E-state index is 5.99. The van der Waals surface area contributed by atoms with Crippen LogP contribution >= 0.6 is 12.4 Å². The number of hydrogen-bond donors (Lipinski definition) is 1. The van der Waals surface area contributed by atoms with Crippen molar-refractivity contribution in [3.63, 3.8) is 0 Å². The Hall–Kier alpha value is -0.570. The maximum Gasteiger partial charge on any atom is 0.0721 e. The minimum absolute atomic E-state index is 0. The molecule has 0 spiro atoms. The first kappa shape index (κ1) is 11.5. The maximum absolute atomic E-state index is 5.99. The molecule has 0 aliphatic carbocycles. The van der Waals surface area contributed by atoms with Crippen molar-refractivity contribution in [1.82, 2.24) is 0 Å². The predicted octanol–water partition coefficient (Wildman–Crippen LogP) is 2.26. The number of rotatable bonds is 0. The SMILES string of the molecule is Cc1ccc2c(c1C)C(N)COC2.Cl. The van der Waals surface area contributed by atoms with Gasteiger partial charge in [0.05, 0.1) is 19.3 Å². The second-order valence-corrected chi connectivity index (χ2v) is 3.70. The van der Waals surface area contributed by atoms with Crippen molar-refractivity contribution in [3.05, 3.63) is 34.4 Å². The third kappa shape index (κ3) is 1.78. The van der Waals surface area contributed by atoms with Gasteiger partial charge in [0.1, 0.15) is 0 Å². The molecule has 1 unspecified atom stereocenters. The number of hydrogen-bond acceptors (Lipinski definition) is 2. The van der Waals surface area contributed by atoms with Gasteiger partial charge >= 0.3 is 0 Å². The first-order chi connectivity index (χ1) is 6.20. The van der Waals surface area contributed by atoms with Crippen molar-refractivity contribution in [1.29, 1.82) is 0 Å². The lowest BCUT2D eigenvalue weighted by molar-refractivity contribution is 0.0921. The minimum atomic E-state index is 0. The van der Waals surface area contributed by atoms with Crippen LogP contribution in [0.4, 0.5) is 0 Å². The summed E-state index contributed by atoms with van der Waals surface area (Å²) in [4.78, 5) is 0. The lowest BCUT2D eigenvalue weighted by Crippen LogP contribution is -2.24. The molecule has 0 bridgehead atoms. The average molecular weight is 214 g/mol. The molecule has 1 aliphatic rings. The van der Waals surface area contributed by atoms with Crippen LogP contribution in [0.15, 0.2) is 12.1 Å². The molecule has 2 nitrogen and oxygen atoms in total. The smallest absolute Gasteiger partial charge is 0.0721 e. The van der Waals surface area contributed by atoms with Gasteiger partial charge in [0.2, 0.25) is 0 Å². The molecule has 0 amide bonds. The highest BCUT2D eigenvalue weighted by atomic mass is 35.5. The molecule has 1 aromatic carbocycles. The number of ether oxygens (including phenoxy) is 1. The molecule has 2 rings (SSSR count). The quantitative estimate of drug-likeness (QED) is 0.718. The highest BCUT2D eigenvalue weighted by Gasteiger charge is 2.19. The third-order valence-electron chi connectivity index (χ3n) is 2.80. The predicted molar refractivity (Wildman–Crippen MR) is 59.7 cm³/mol. The first-order valence-corrected chi connectivity index (χ1v) is 4.62. The van der Waals surface area contributed by atoms with Gasteiger partial charge in [-0.05, 0) is 36.1 Å². The molecule has 78 valence electrons. The van der Waals surface area contributed by atoms with Gasteiger partial charge in [-0.15, -0.1) is 12.4 Å². The Labute approximate surface area is 90.9 Å². The first-order valence-electron chi connectivity index (χ1n) is 4.62. The van der Waals surface area contributed by atoms with Crippen LogP contribution in [-0.4, -0.2) is 6.61 Å². The summed E-state index contributed by atoms with van der Waals surface area (Å²) in [6.07, 6.45) is 0. The van der Waals surface area contributed by atoms with Gasteiger partial charge in [-0.3, -0.25) is 0 Å². The van der Waals surface area contributed by atoms with E-state index in [1.165, 1.54) is 22.3 Å². The van der Waals surface area contributed by atoms with Crippen LogP contribution < -0.4 is 5.73 Å². The van der Waals surface area contributed by atoms with Crippen molar-refractivity contribution in [3.8, 4) is 0 Å². The highest BCUT2D eigenvalue weighted by Crippen LogP contribution is 2.27. The number of halogens is 1. The number of aryl methyl sites for hydroxylation is 1. The van der Waals surface area contributed by atoms with Gasteiger partial charge in [-0.25, -0.2) is 0 Å². The van der Waals surface area contributed by atoms with Crippen LogP contribution in [0, 0.1) is 13.8 Å². The van der Waals surface area contributed by atoms with E-state index < -0.39 is 0 Å². The summed E-state index contributed by atoms with van der Waals surface area (Å²) < 4.78 is 5.38. The lowest BCUT2D eigenvalue weighted by atomic mass is 9.92. The van der Waals surface area contributed by atoms with E-state index in [2.05, 4.69) is 26.0 Å². The molecule has 3 heteroatoms. The summed E-state index contributed by atoms with van der Waals surface area (Å²) in [7, 11) is 0. The van der Waals surface area contributed by atoms with E-state index in [0.717, 1.165) is 0 Å². The zero-order chi connectivity index (χ0) is 9.42. The highest BCUT2D eigenvalue weighted by molar-refractivity contribution is 5.85. The molecule has 0 saturated carbocycles. The Bertz CT molecular complexity index is 338. The summed E-state index contributed by atoms with van der Waals surface area (Å²) in [5.74, 6) is 0. The Morgan fingerprint density at radius 2 is 2.07 bits per heavy atom. The Kier molecular flexibility index (Phi) is 3.53. The van der Waals surface area contributed by atoms with E-state index >= 15 is 0 Å². The fraction of sp³-hybridized carbons (Fsp3) is 0.455. The fourth-order valence-electron chi connectivity index (χ4n) is 1.91. The van der Waals surface area contributed by atoms with Crippen LogP contribution in [0.1, 0.15) is 28.3 Å². The van der Waals surface area contributed by atoms with E-state index in [1.807, 2.05) is 0 Å². The van der Waals surface area contributed by atoms with Crippen molar-refractivity contribution < 1.29 is 4.74 Å². The van der Waals surface area contributed by atoms with E-state index in [0.29, 0.717) is 13.2 Å². The van der Waals surface area contributed by atoms with E-state index in [-0.39, 0.29) is 18.4 Å². The summed E-state index contributed by atoms with van der Waals surface area (Å²) in [6, 6.07) is 4.32. The zero-order valence-electron chi connectivity index (χ0n) is 8.54. The topological polar surface area (TPSA) is 35.2 Å². The molecule has 1 heterocycles. The second kappa shape index (κ2) is 4.30. The number of fused-ring (bicyclic) bond motifs is 1. The second-order valence-electron chi connectivity index (χ2n) is 3.70. The van der Waals surface area contributed by atoms with Crippen LogP contribution in [0.25, 0.3) is 0 Å². The Balaban J connectivity index is 0.000000980. The molecule has 1 aliphatic heterocycles. The Morgan fingerprint density at radius 3 is 2.79 bits per heavy atom. The molecule has 0 fully saturated rings. The van der Waals surface area contributed by atoms with E-state index in [9.17, 15) is 0 Å². The molecule has 1 atom stereocenters. The van der Waals surface area contributed by atoms with Crippen LogP contribution in [-0.2, 0) is 11.3 Å². The van der Waals surface area contributed by atoms with Gasteiger partial charge in [0.15, 0.2) is 0 Å². The van der Waals surface area contributed by atoms with E-state index in [4.69, 9.17) is 10.5 Å². The normalized spacial score (nSPS) is 19.8. The van der Waals surface area contributed by atoms with Gasteiger partial charge in [0.25, 0.3) is 0 Å². The van der Waals surface area contributed by atoms with Crippen LogP contribution in [0.5, 0.6) is 0 Å². The monoisotopic (exact) mass is 213 g/mol. The van der Waals surface area contributed by atoms with Gasteiger partial charge < -0.3 is 10.5 Å². The molecule has 1 aromatic rings. The molecule has 0 saturated heterocycles. The fourth-order valence-corrected chi connectivity index (χ4v) is 1.91. The largest absolute Gasteiger partial charge is 0.375 e. The minimum Gasteiger partial charge on any atom is -0.375 e. The molecule has 0 radical (unpaired) electrons. The lowest BCUT2D eigenvalue weighted by Gasteiger charge is -2.25. The number of benzene rings is 1. The number of nitrogens with two attached hydrogens (primary N) is 1. The molecule has 0 aromatic heterocycles. The molecular weight excluding hydrogens is 198 g/mol.